The van der Waals surface area contributed by atoms with Gasteiger partial charge in [0.25, 0.3) is 0 Å². The minimum atomic E-state index is -0.227. The number of nitrogens with zero attached hydrogens (tertiary/aromatic N) is 3. The van der Waals surface area contributed by atoms with Crippen LogP contribution in [0.15, 0.2) is 30.5 Å². The Morgan fingerprint density at radius 2 is 2.08 bits per heavy atom. The molecular weight excluding hydrogens is 324 g/mol. The van der Waals surface area contributed by atoms with Crippen molar-refractivity contribution in [1.29, 1.82) is 5.26 Å². The molecule has 5 heteroatoms. The maximum absolute atomic E-state index is 13.1. The van der Waals surface area contributed by atoms with E-state index in [1.54, 1.807) is 0 Å². The molecule has 1 amide bonds. The average molecular weight is 346 g/mol. The van der Waals surface area contributed by atoms with Crippen molar-refractivity contribution in [1.82, 2.24) is 14.8 Å². The first-order valence-corrected chi connectivity index (χ1v) is 9.52. The third kappa shape index (κ3) is 2.25. The highest BCUT2D eigenvalue weighted by molar-refractivity contribution is 5.99. The molecule has 1 N–H and O–H groups in total. The first kappa shape index (κ1) is 15.5. The number of piperidine rings is 1. The van der Waals surface area contributed by atoms with E-state index in [0.717, 1.165) is 43.4 Å². The summed E-state index contributed by atoms with van der Waals surface area (Å²) in [5.74, 6) is -0.0438. The quantitative estimate of drug-likeness (QED) is 0.808. The largest absolute Gasteiger partial charge is 0.361 e. The van der Waals surface area contributed by atoms with Crippen LogP contribution in [0.2, 0.25) is 0 Å². The number of likely N-dealkylation sites (tertiary alicyclic amines) is 1. The van der Waals surface area contributed by atoms with Crippen LogP contribution in [0.1, 0.15) is 30.4 Å². The Hall–Kier alpha value is -2.74. The summed E-state index contributed by atoms with van der Waals surface area (Å²) in [6.45, 7) is 2.20. The minimum absolute atomic E-state index is 0.0410. The van der Waals surface area contributed by atoms with Gasteiger partial charge in [0.1, 0.15) is 0 Å². The standard InChI is InChI=1S/C21H22N4O/c22-13-25-12-15(21(26)24-7-2-1-3-8-24)9-17-16-5-4-6-18-20(16)14(11-23-18)10-19(17)25/h4-6,9,11,15,19,23H,1-3,7-8,10,12H2/t15-,19+/m0/s1. The number of amides is 1. The fourth-order valence-corrected chi connectivity index (χ4v) is 4.85. The van der Waals surface area contributed by atoms with Crippen LogP contribution in [-0.4, -0.2) is 46.4 Å². The molecule has 3 aliphatic rings. The van der Waals surface area contributed by atoms with Gasteiger partial charge in [0.15, 0.2) is 6.19 Å². The summed E-state index contributed by atoms with van der Waals surface area (Å²) in [5, 5.41) is 11.0. The number of carbonyl (C=O) groups is 1. The number of aromatic nitrogens is 1. The van der Waals surface area contributed by atoms with Gasteiger partial charge in [0.05, 0.1) is 12.0 Å². The van der Waals surface area contributed by atoms with Crippen molar-refractivity contribution in [2.75, 3.05) is 19.6 Å². The van der Waals surface area contributed by atoms with E-state index in [1.165, 1.54) is 22.9 Å². The van der Waals surface area contributed by atoms with E-state index in [2.05, 4.69) is 35.6 Å². The van der Waals surface area contributed by atoms with E-state index in [4.69, 9.17) is 0 Å². The van der Waals surface area contributed by atoms with Gasteiger partial charge in [-0.05, 0) is 48.4 Å². The molecule has 1 aromatic carbocycles. The van der Waals surface area contributed by atoms with Crippen LogP contribution in [-0.2, 0) is 11.2 Å². The van der Waals surface area contributed by atoms with Gasteiger partial charge in [-0.25, -0.2) is 0 Å². The maximum atomic E-state index is 13.1. The number of hydrogen-bond donors (Lipinski definition) is 1. The summed E-state index contributed by atoms with van der Waals surface area (Å²) in [6, 6.07) is 6.30. The summed E-state index contributed by atoms with van der Waals surface area (Å²) < 4.78 is 0. The molecule has 5 rings (SSSR count). The first-order chi connectivity index (χ1) is 12.8. The Kier molecular flexibility index (Phi) is 3.53. The molecule has 5 nitrogen and oxygen atoms in total. The normalized spacial score (nSPS) is 24.8. The van der Waals surface area contributed by atoms with Gasteiger partial charge in [-0.15, -0.1) is 0 Å². The summed E-state index contributed by atoms with van der Waals surface area (Å²) in [5.41, 5.74) is 4.71. The minimum Gasteiger partial charge on any atom is -0.361 e. The van der Waals surface area contributed by atoms with Gasteiger partial charge in [-0.1, -0.05) is 18.2 Å². The van der Waals surface area contributed by atoms with Crippen LogP contribution in [0.3, 0.4) is 0 Å². The Morgan fingerprint density at radius 1 is 1.23 bits per heavy atom. The second-order valence-corrected chi connectivity index (χ2v) is 7.63. The van der Waals surface area contributed by atoms with Crippen molar-refractivity contribution in [3.63, 3.8) is 0 Å². The zero-order valence-corrected chi connectivity index (χ0v) is 14.7. The van der Waals surface area contributed by atoms with E-state index in [9.17, 15) is 10.1 Å². The van der Waals surface area contributed by atoms with E-state index < -0.39 is 0 Å². The number of nitriles is 1. The molecule has 0 radical (unpaired) electrons. The highest BCUT2D eigenvalue weighted by Crippen LogP contribution is 2.41. The van der Waals surface area contributed by atoms with Gasteiger partial charge in [-0.2, -0.15) is 5.26 Å². The van der Waals surface area contributed by atoms with Crippen molar-refractivity contribution < 1.29 is 4.79 Å². The molecule has 2 aromatic rings. The SMILES string of the molecule is N#CN1C[C@@H](C(=O)N2CCCCC2)C=C2c3cccc4[nH]cc(c34)C[C@H]21. The molecule has 1 aliphatic carbocycles. The number of benzene rings is 1. The van der Waals surface area contributed by atoms with Crippen LogP contribution in [0.4, 0.5) is 0 Å². The Labute approximate surface area is 152 Å². The van der Waals surface area contributed by atoms with Gasteiger partial charge < -0.3 is 14.8 Å². The van der Waals surface area contributed by atoms with E-state index in [-0.39, 0.29) is 17.9 Å². The van der Waals surface area contributed by atoms with E-state index in [1.807, 2.05) is 15.9 Å². The molecule has 0 saturated carbocycles. The molecule has 26 heavy (non-hydrogen) atoms. The molecule has 3 heterocycles. The lowest BCUT2D eigenvalue weighted by molar-refractivity contribution is -0.135. The lowest BCUT2D eigenvalue weighted by Gasteiger charge is -2.40. The van der Waals surface area contributed by atoms with Crippen molar-refractivity contribution in [2.45, 2.75) is 31.7 Å². The Morgan fingerprint density at radius 3 is 2.88 bits per heavy atom. The van der Waals surface area contributed by atoms with Crippen molar-refractivity contribution in [3.8, 4) is 6.19 Å². The van der Waals surface area contributed by atoms with Gasteiger partial charge in [0, 0.05) is 36.7 Å². The predicted octanol–water partition coefficient (Wildman–Crippen LogP) is 2.90. The molecule has 1 aromatic heterocycles. The average Bonchev–Trinajstić information content (AvgIpc) is 3.12. The molecule has 1 saturated heterocycles. The number of rotatable bonds is 1. The number of aromatic amines is 1. The van der Waals surface area contributed by atoms with Crippen LogP contribution in [0.5, 0.6) is 0 Å². The second-order valence-electron chi connectivity index (χ2n) is 7.63. The molecule has 1 fully saturated rings. The van der Waals surface area contributed by atoms with Crippen LogP contribution < -0.4 is 0 Å². The highest BCUT2D eigenvalue weighted by Gasteiger charge is 2.38. The van der Waals surface area contributed by atoms with Crippen LogP contribution >= 0.6 is 0 Å². The summed E-state index contributed by atoms with van der Waals surface area (Å²) in [4.78, 5) is 20.2. The van der Waals surface area contributed by atoms with E-state index in [0.29, 0.717) is 6.54 Å². The van der Waals surface area contributed by atoms with E-state index >= 15 is 0 Å². The second kappa shape index (κ2) is 5.91. The summed E-state index contributed by atoms with van der Waals surface area (Å²) >= 11 is 0. The zero-order valence-electron chi connectivity index (χ0n) is 14.7. The number of nitrogens with one attached hydrogen (secondary N) is 1. The fourth-order valence-electron chi connectivity index (χ4n) is 4.85. The third-order valence-electron chi connectivity index (χ3n) is 6.13. The lowest BCUT2D eigenvalue weighted by Crippen LogP contribution is -2.48. The van der Waals surface area contributed by atoms with Crippen LogP contribution in [0, 0.1) is 17.4 Å². The number of fused-ring (bicyclic) bond motifs is 2. The van der Waals surface area contributed by atoms with Gasteiger partial charge in [-0.3, -0.25) is 4.79 Å². The fraction of sp³-hybridized carbons (Fsp3) is 0.429. The Balaban J connectivity index is 1.58. The molecule has 2 aliphatic heterocycles. The molecule has 0 bridgehead atoms. The number of hydrogen-bond acceptors (Lipinski definition) is 3. The van der Waals surface area contributed by atoms with Crippen molar-refractivity contribution in [3.05, 3.63) is 41.6 Å². The summed E-state index contributed by atoms with van der Waals surface area (Å²) in [7, 11) is 0. The predicted molar refractivity (Wildman–Crippen MR) is 100 cm³/mol. The van der Waals surface area contributed by atoms with Crippen LogP contribution in [0.25, 0.3) is 16.5 Å². The van der Waals surface area contributed by atoms with Gasteiger partial charge >= 0.3 is 0 Å². The third-order valence-corrected chi connectivity index (χ3v) is 6.13. The number of H-pyrrole nitrogens is 1. The number of carbonyl (C=O) groups excluding carboxylic acids is 1. The molecular formula is C21H22N4O. The zero-order chi connectivity index (χ0) is 17.7. The Bertz CT molecular complexity index is 945. The lowest BCUT2D eigenvalue weighted by atomic mass is 9.79. The molecule has 0 unspecified atom stereocenters. The van der Waals surface area contributed by atoms with Crippen molar-refractivity contribution >= 4 is 22.4 Å². The smallest absolute Gasteiger partial charge is 0.231 e. The first-order valence-electron chi connectivity index (χ1n) is 9.52. The topological polar surface area (TPSA) is 63.1 Å². The van der Waals surface area contributed by atoms with Gasteiger partial charge in [0.2, 0.25) is 5.91 Å². The monoisotopic (exact) mass is 346 g/mol. The molecule has 0 spiro atoms. The molecule has 132 valence electrons. The highest BCUT2D eigenvalue weighted by atomic mass is 16.2. The van der Waals surface area contributed by atoms with Crippen molar-refractivity contribution in [2.24, 2.45) is 5.92 Å². The summed E-state index contributed by atoms with van der Waals surface area (Å²) in [6.07, 6.45) is 10.8. The molecule has 2 atom stereocenters. The maximum Gasteiger partial charge on any atom is 0.231 e.